The van der Waals surface area contributed by atoms with Crippen LogP contribution in [0.15, 0.2) is 54.7 Å². The highest BCUT2D eigenvalue weighted by atomic mass is 16.5. The van der Waals surface area contributed by atoms with Gasteiger partial charge in [0.1, 0.15) is 6.61 Å². The third kappa shape index (κ3) is 3.73. The second kappa shape index (κ2) is 7.46. The number of carbonyl (C=O) groups is 1. The zero-order valence-corrected chi connectivity index (χ0v) is 14.8. The van der Waals surface area contributed by atoms with Gasteiger partial charge in [-0.3, -0.25) is 4.79 Å². The predicted molar refractivity (Wildman–Crippen MR) is 98.1 cm³/mol. The number of hydrogen-bond acceptors (Lipinski definition) is 4. The molecule has 5 heteroatoms. The molecule has 1 spiro atoms. The van der Waals surface area contributed by atoms with Gasteiger partial charge in [0.15, 0.2) is 0 Å². The van der Waals surface area contributed by atoms with Gasteiger partial charge in [0.05, 0.1) is 12.7 Å². The van der Waals surface area contributed by atoms with Gasteiger partial charge in [-0.25, -0.2) is 4.98 Å². The van der Waals surface area contributed by atoms with Crippen molar-refractivity contribution in [3.63, 3.8) is 0 Å². The molecular formula is C21H24N2O3. The highest BCUT2D eigenvalue weighted by molar-refractivity contribution is 5.94. The van der Waals surface area contributed by atoms with Crippen molar-refractivity contribution < 1.29 is 14.3 Å². The summed E-state index contributed by atoms with van der Waals surface area (Å²) in [5.41, 5.74) is 0.957. The van der Waals surface area contributed by atoms with Gasteiger partial charge in [0, 0.05) is 30.9 Å². The van der Waals surface area contributed by atoms with Crippen LogP contribution in [0.5, 0.6) is 5.88 Å². The lowest BCUT2D eigenvalue weighted by Crippen LogP contribution is -2.43. The molecule has 4 rings (SSSR count). The molecule has 0 bridgehead atoms. The Morgan fingerprint density at radius 2 is 1.92 bits per heavy atom. The molecule has 26 heavy (non-hydrogen) atoms. The van der Waals surface area contributed by atoms with Crippen molar-refractivity contribution in [1.82, 2.24) is 9.88 Å². The number of aromatic nitrogens is 1. The number of nitrogens with zero attached hydrogens (tertiary/aromatic N) is 2. The fourth-order valence-electron chi connectivity index (χ4n) is 3.91. The summed E-state index contributed by atoms with van der Waals surface area (Å²) in [6, 6.07) is 15.2. The summed E-state index contributed by atoms with van der Waals surface area (Å²) < 4.78 is 11.7. The van der Waals surface area contributed by atoms with Crippen LogP contribution in [-0.4, -0.2) is 48.2 Å². The van der Waals surface area contributed by atoms with Crippen LogP contribution >= 0.6 is 0 Å². The second-order valence-electron chi connectivity index (χ2n) is 7.27. The first-order valence-electron chi connectivity index (χ1n) is 9.24. The van der Waals surface area contributed by atoms with Gasteiger partial charge in [-0.2, -0.15) is 0 Å². The monoisotopic (exact) mass is 352 g/mol. The van der Waals surface area contributed by atoms with Gasteiger partial charge in [-0.1, -0.05) is 24.3 Å². The maximum atomic E-state index is 12.6. The predicted octanol–water partition coefficient (Wildman–Crippen LogP) is 3.17. The fraction of sp³-hybridized carbons (Fsp3) is 0.429. The third-order valence-corrected chi connectivity index (χ3v) is 5.47. The maximum absolute atomic E-state index is 12.6. The van der Waals surface area contributed by atoms with E-state index in [9.17, 15) is 4.79 Å². The van der Waals surface area contributed by atoms with Crippen LogP contribution in [0.2, 0.25) is 0 Å². The van der Waals surface area contributed by atoms with Crippen molar-refractivity contribution in [2.24, 2.45) is 5.41 Å². The summed E-state index contributed by atoms with van der Waals surface area (Å²) in [5.74, 6) is 0.773. The lowest BCUT2D eigenvalue weighted by atomic mass is 9.76. The van der Waals surface area contributed by atoms with Crippen LogP contribution < -0.4 is 4.74 Å². The van der Waals surface area contributed by atoms with E-state index in [0.29, 0.717) is 12.5 Å². The highest BCUT2D eigenvalue weighted by Gasteiger charge is 2.43. The Balaban J connectivity index is 1.28. The van der Waals surface area contributed by atoms with E-state index in [4.69, 9.17) is 9.47 Å². The first-order valence-corrected chi connectivity index (χ1v) is 9.24. The molecule has 0 unspecified atom stereocenters. The maximum Gasteiger partial charge on any atom is 0.253 e. The molecule has 3 heterocycles. The summed E-state index contributed by atoms with van der Waals surface area (Å²) >= 11 is 0. The van der Waals surface area contributed by atoms with Gasteiger partial charge in [0.2, 0.25) is 5.88 Å². The molecule has 2 fully saturated rings. The molecule has 1 aromatic heterocycles. The largest absolute Gasteiger partial charge is 0.475 e. The van der Waals surface area contributed by atoms with E-state index < -0.39 is 0 Å². The fourth-order valence-corrected chi connectivity index (χ4v) is 3.91. The van der Waals surface area contributed by atoms with Crippen molar-refractivity contribution in [1.29, 1.82) is 0 Å². The highest BCUT2D eigenvalue weighted by Crippen LogP contribution is 2.42. The Bertz CT molecular complexity index is 727. The summed E-state index contributed by atoms with van der Waals surface area (Å²) in [7, 11) is 0. The molecule has 0 aliphatic carbocycles. The van der Waals surface area contributed by atoms with E-state index in [2.05, 4.69) is 4.98 Å². The number of amides is 1. The summed E-state index contributed by atoms with van der Waals surface area (Å²) in [5, 5.41) is 0. The first-order chi connectivity index (χ1) is 12.7. The van der Waals surface area contributed by atoms with Crippen LogP contribution in [0.25, 0.3) is 0 Å². The SMILES string of the molecule is O=C(c1ccccc1)N1CCC2(CC1)CO[C@@H](COc1ccccn1)C2. The molecule has 1 aromatic carbocycles. The van der Waals surface area contributed by atoms with Crippen LogP contribution in [0.4, 0.5) is 0 Å². The molecule has 2 aliphatic rings. The Morgan fingerprint density at radius 1 is 1.15 bits per heavy atom. The van der Waals surface area contributed by atoms with Gasteiger partial charge >= 0.3 is 0 Å². The number of carbonyl (C=O) groups excluding carboxylic acids is 1. The van der Waals surface area contributed by atoms with E-state index in [0.717, 1.165) is 44.5 Å². The molecule has 2 saturated heterocycles. The van der Waals surface area contributed by atoms with Crippen molar-refractivity contribution in [3.05, 3.63) is 60.3 Å². The quantitative estimate of drug-likeness (QED) is 0.848. The van der Waals surface area contributed by atoms with Crippen molar-refractivity contribution in [2.75, 3.05) is 26.3 Å². The number of hydrogen-bond donors (Lipinski definition) is 0. The van der Waals surface area contributed by atoms with Gasteiger partial charge in [0.25, 0.3) is 5.91 Å². The van der Waals surface area contributed by atoms with Crippen LogP contribution in [0, 0.1) is 5.41 Å². The number of pyridine rings is 1. The van der Waals surface area contributed by atoms with E-state index in [1.807, 2.05) is 53.4 Å². The molecule has 2 aliphatic heterocycles. The van der Waals surface area contributed by atoms with Crippen molar-refractivity contribution >= 4 is 5.91 Å². The van der Waals surface area contributed by atoms with Crippen molar-refractivity contribution in [3.8, 4) is 5.88 Å². The number of ether oxygens (including phenoxy) is 2. The molecule has 5 nitrogen and oxygen atoms in total. The summed E-state index contributed by atoms with van der Waals surface area (Å²) in [4.78, 5) is 18.7. The minimum absolute atomic E-state index is 0.105. The van der Waals surface area contributed by atoms with Gasteiger partial charge in [-0.05, 0) is 42.9 Å². The number of benzene rings is 1. The first kappa shape index (κ1) is 17.0. The molecular weight excluding hydrogens is 328 g/mol. The average Bonchev–Trinajstić information content (AvgIpc) is 3.10. The van der Waals surface area contributed by atoms with Crippen LogP contribution in [0.1, 0.15) is 29.6 Å². The lowest BCUT2D eigenvalue weighted by molar-refractivity contribution is 0.0423. The van der Waals surface area contributed by atoms with Crippen LogP contribution in [-0.2, 0) is 4.74 Å². The zero-order valence-electron chi connectivity index (χ0n) is 14.8. The summed E-state index contributed by atoms with van der Waals surface area (Å²) in [6.07, 6.45) is 4.81. The Morgan fingerprint density at radius 3 is 2.65 bits per heavy atom. The number of rotatable bonds is 4. The van der Waals surface area contributed by atoms with E-state index >= 15 is 0 Å². The average molecular weight is 352 g/mol. The Hall–Kier alpha value is -2.40. The van der Waals surface area contributed by atoms with Gasteiger partial charge in [-0.15, -0.1) is 0 Å². The Labute approximate surface area is 153 Å². The van der Waals surface area contributed by atoms with Gasteiger partial charge < -0.3 is 14.4 Å². The second-order valence-corrected chi connectivity index (χ2v) is 7.27. The zero-order chi connectivity index (χ0) is 17.8. The minimum Gasteiger partial charge on any atom is -0.475 e. The third-order valence-electron chi connectivity index (χ3n) is 5.47. The molecule has 2 aromatic rings. The topological polar surface area (TPSA) is 51.7 Å². The molecule has 0 saturated carbocycles. The number of piperidine rings is 1. The lowest BCUT2D eigenvalue weighted by Gasteiger charge is -2.38. The molecule has 0 N–H and O–H groups in total. The standard InChI is InChI=1S/C21H24N2O3/c24-20(17-6-2-1-3-7-17)23-12-9-21(10-13-23)14-18(26-16-21)15-25-19-8-4-5-11-22-19/h1-8,11,18H,9-10,12-16H2/t18-/m1/s1. The van der Waals surface area contributed by atoms with E-state index in [-0.39, 0.29) is 17.4 Å². The molecule has 0 radical (unpaired) electrons. The molecule has 1 atom stereocenters. The molecule has 136 valence electrons. The minimum atomic E-state index is 0.105. The van der Waals surface area contributed by atoms with E-state index in [1.54, 1.807) is 6.20 Å². The normalized spacial score (nSPS) is 21.7. The molecule has 1 amide bonds. The summed E-state index contributed by atoms with van der Waals surface area (Å²) in [6.45, 7) is 2.89. The van der Waals surface area contributed by atoms with Crippen LogP contribution in [0.3, 0.4) is 0 Å². The smallest absolute Gasteiger partial charge is 0.253 e. The van der Waals surface area contributed by atoms with E-state index in [1.165, 1.54) is 0 Å². The number of likely N-dealkylation sites (tertiary alicyclic amines) is 1. The Kier molecular flexibility index (Phi) is 4.89. The van der Waals surface area contributed by atoms with Crippen molar-refractivity contribution in [2.45, 2.75) is 25.4 Å².